The minimum absolute atomic E-state index is 0.126. The predicted octanol–water partition coefficient (Wildman–Crippen LogP) is 1.51. The third-order valence-corrected chi connectivity index (χ3v) is 3.16. The van der Waals surface area contributed by atoms with Gasteiger partial charge in [0.1, 0.15) is 0 Å². The Morgan fingerprint density at radius 2 is 1.85 bits per heavy atom. The molecule has 0 radical (unpaired) electrons. The second-order valence-electron chi connectivity index (χ2n) is 4.47. The van der Waals surface area contributed by atoms with Crippen molar-refractivity contribution in [3.05, 3.63) is 0 Å². The topological polar surface area (TPSA) is 35.5 Å². The molecule has 13 heavy (non-hydrogen) atoms. The third kappa shape index (κ3) is 1.14. The van der Waals surface area contributed by atoms with Gasteiger partial charge >= 0.3 is 0 Å². The second-order valence-corrected chi connectivity index (χ2v) is 4.47. The van der Waals surface area contributed by atoms with E-state index in [1.807, 2.05) is 0 Å². The van der Waals surface area contributed by atoms with Crippen LogP contribution in [0.5, 0.6) is 0 Å². The smallest absolute Gasteiger partial charge is 0.234 e. The molecule has 74 valence electrons. The molecule has 1 aliphatic carbocycles. The van der Waals surface area contributed by atoms with E-state index in [1.54, 1.807) is 0 Å². The number of hydrogen-bond acceptors (Lipinski definition) is 3. The molecule has 1 heterocycles. The van der Waals surface area contributed by atoms with Gasteiger partial charge < -0.3 is 9.47 Å². The Morgan fingerprint density at radius 3 is 2.38 bits per heavy atom. The Balaban J connectivity index is 2.33. The second kappa shape index (κ2) is 2.79. The van der Waals surface area contributed by atoms with Gasteiger partial charge in [-0.15, -0.1) is 0 Å². The van der Waals surface area contributed by atoms with Gasteiger partial charge in [0.15, 0.2) is 5.78 Å². The molecule has 0 atom stereocenters. The number of hydrogen-bond donors (Lipinski definition) is 0. The predicted molar refractivity (Wildman–Crippen MR) is 47.3 cm³/mol. The lowest BCUT2D eigenvalue weighted by atomic mass is 9.71. The highest BCUT2D eigenvalue weighted by molar-refractivity contribution is 5.87. The number of Topliss-reactive ketones (excluding diaryl/α,β-unsaturated/α-hetero) is 1. The summed E-state index contributed by atoms with van der Waals surface area (Å²) in [4.78, 5) is 11.8. The number of ketones is 1. The van der Waals surface area contributed by atoms with Crippen LogP contribution in [0, 0.1) is 5.41 Å². The number of rotatable bonds is 0. The fourth-order valence-corrected chi connectivity index (χ4v) is 2.36. The summed E-state index contributed by atoms with van der Waals surface area (Å²) in [5.74, 6) is -0.785. The van der Waals surface area contributed by atoms with E-state index in [1.165, 1.54) is 0 Å². The van der Waals surface area contributed by atoms with E-state index in [-0.39, 0.29) is 11.2 Å². The summed E-state index contributed by atoms with van der Waals surface area (Å²) in [7, 11) is 0. The van der Waals surface area contributed by atoms with Gasteiger partial charge in [-0.2, -0.15) is 0 Å². The van der Waals surface area contributed by atoms with Gasteiger partial charge in [-0.25, -0.2) is 0 Å². The van der Waals surface area contributed by atoms with Crippen LogP contribution >= 0.6 is 0 Å². The third-order valence-electron chi connectivity index (χ3n) is 3.16. The van der Waals surface area contributed by atoms with Crippen molar-refractivity contribution in [2.24, 2.45) is 5.41 Å². The van der Waals surface area contributed by atoms with E-state index in [0.717, 1.165) is 12.8 Å². The molecule has 1 aliphatic heterocycles. The maximum absolute atomic E-state index is 11.8. The molecule has 2 rings (SSSR count). The first-order valence-corrected chi connectivity index (χ1v) is 4.90. The minimum Gasteiger partial charge on any atom is -0.341 e. The van der Waals surface area contributed by atoms with Gasteiger partial charge in [0.05, 0.1) is 13.2 Å². The first-order valence-electron chi connectivity index (χ1n) is 4.90. The summed E-state index contributed by atoms with van der Waals surface area (Å²) < 4.78 is 11.1. The van der Waals surface area contributed by atoms with Gasteiger partial charge in [-0.05, 0) is 12.8 Å². The molecule has 3 nitrogen and oxygen atoms in total. The molecule has 1 spiro atoms. The van der Waals surface area contributed by atoms with Crippen molar-refractivity contribution in [3.8, 4) is 0 Å². The normalized spacial score (nSPS) is 31.1. The Morgan fingerprint density at radius 1 is 1.23 bits per heavy atom. The number of ether oxygens (including phenoxy) is 2. The van der Waals surface area contributed by atoms with Crippen LogP contribution in [-0.4, -0.2) is 24.8 Å². The molecule has 1 saturated carbocycles. The van der Waals surface area contributed by atoms with Crippen LogP contribution in [-0.2, 0) is 14.3 Å². The van der Waals surface area contributed by atoms with Crippen LogP contribution in [0.25, 0.3) is 0 Å². The first-order chi connectivity index (χ1) is 6.08. The van der Waals surface area contributed by atoms with E-state index in [0.29, 0.717) is 19.6 Å². The SMILES string of the molecule is CC1(C)CCCC(=O)C12OCCO2. The van der Waals surface area contributed by atoms with Gasteiger partial charge in [-0.3, -0.25) is 4.79 Å². The fraction of sp³-hybridized carbons (Fsp3) is 0.900. The van der Waals surface area contributed by atoms with E-state index < -0.39 is 5.79 Å². The lowest BCUT2D eigenvalue weighted by Gasteiger charge is -2.43. The van der Waals surface area contributed by atoms with E-state index >= 15 is 0 Å². The highest BCUT2D eigenvalue weighted by atomic mass is 16.7. The Hall–Kier alpha value is -0.410. The van der Waals surface area contributed by atoms with Crippen LogP contribution in [0.3, 0.4) is 0 Å². The zero-order valence-electron chi connectivity index (χ0n) is 8.26. The fourth-order valence-electron chi connectivity index (χ4n) is 2.36. The van der Waals surface area contributed by atoms with Crippen LogP contribution in [0.2, 0.25) is 0 Å². The zero-order valence-corrected chi connectivity index (χ0v) is 8.26. The highest BCUT2D eigenvalue weighted by Gasteiger charge is 2.57. The number of carbonyl (C=O) groups is 1. The highest BCUT2D eigenvalue weighted by Crippen LogP contribution is 2.46. The molecular formula is C10H16O3. The van der Waals surface area contributed by atoms with E-state index in [2.05, 4.69) is 13.8 Å². The van der Waals surface area contributed by atoms with Crippen molar-refractivity contribution < 1.29 is 14.3 Å². The molecule has 2 aliphatic rings. The maximum Gasteiger partial charge on any atom is 0.234 e. The minimum atomic E-state index is -0.911. The summed E-state index contributed by atoms with van der Waals surface area (Å²) in [5.41, 5.74) is -0.168. The average molecular weight is 184 g/mol. The molecule has 2 fully saturated rings. The lowest BCUT2D eigenvalue weighted by Crippen LogP contribution is -2.54. The average Bonchev–Trinajstić information content (AvgIpc) is 2.50. The number of carbonyl (C=O) groups excluding carboxylic acids is 1. The van der Waals surface area contributed by atoms with Crippen LogP contribution in [0.15, 0.2) is 0 Å². The Bertz CT molecular complexity index is 226. The van der Waals surface area contributed by atoms with Gasteiger partial charge in [-0.1, -0.05) is 13.8 Å². The molecule has 0 bridgehead atoms. The molecule has 0 aromatic carbocycles. The van der Waals surface area contributed by atoms with Crippen molar-refractivity contribution in [1.82, 2.24) is 0 Å². The van der Waals surface area contributed by atoms with Crippen LogP contribution in [0.1, 0.15) is 33.1 Å². The van der Waals surface area contributed by atoms with E-state index in [9.17, 15) is 4.79 Å². The van der Waals surface area contributed by atoms with Crippen molar-refractivity contribution in [1.29, 1.82) is 0 Å². The summed E-state index contributed by atoms with van der Waals surface area (Å²) >= 11 is 0. The molecule has 0 aromatic rings. The van der Waals surface area contributed by atoms with Gasteiger partial charge in [0, 0.05) is 11.8 Å². The molecule has 0 unspecified atom stereocenters. The lowest BCUT2D eigenvalue weighted by molar-refractivity contribution is -0.230. The molecule has 1 saturated heterocycles. The standard InChI is InChI=1S/C10H16O3/c1-9(2)5-3-4-8(11)10(9)12-6-7-13-10/h3-7H2,1-2H3. The van der Waals surface area contributed by atoms with E-state index in [4.69, 9.17) is 9.47 Å². The molecular weight excluding hydrogens is 168 g/mol. The summed E-state index contributed by atoms with van der Waals surface area (Å²) in [6, 6.07) is 0. The van der Waals surface area contributed by atoms with Gasteiger partial charge in [0.25, 0.3) is 0 Å². The maximum atomic E-state index is 11.8. The van der Waals surface area contributed by atoms with Gasteiger partial charge in [0.2, 0.25) is 5.79 Å². The summed E-state index contributed by atoms with van der Waals surface area (Å²) in [6.07, 6.45) is 2.56. The molecule has 0 aromatic heterocycles. The molecule has 0 amide bonds. The van der Waals surface area contributed by atoms with Crippen LogP contribution < -0.4 is 0 Å². The van der Waals surface area contributed by atoms with Crippen molar-refractivity contribution in [2.45, 2.75) is 38.9 Å². The molecule has 3 heteroatoms. The van der Waals surface area contributed by atoms with Crippen molar-refractivity contribution in [2.75, 3.05) is 13.2 Å². The van der Waals surface area contributed by atoms with Crippen LogP contribution in [0.4, 0.5) is 0 Å². The van der Waals surface area contributed by atoms with Crippen molar-refractivity contribution in [3.63, 3.8) is 0 Å². The zero-order chi connectivity index (χ0) is 9.53. The monoisotopic (exact) mass is 184 g/mol. The first kappa shape index (κ1) is 9.16. The quantitative estimate of drug-likeness (QED) is 0.572. The van der Waals surface area contributed by atoms with Crippen molar-refractivity contribution >= 4 is 5.78 Å². The summed E-state index contributed by atoms with van der Waals surface area (Å²) in [5, 5.41) is 0. The summed E-state index contributed by atoms with van der Waals surface area (Å²) in [6.45, 7) is 5.20. The Labute approximate surface area is 78.4 Å². The molecule has 0 N–H and O–H groups in total. The Kier molecular flexibility index (Phi) is 1.96. The largest absolute Gasteiger partial charge is 0.341 e.